The van der Waals surface area contributed by atoms with Crippen LogP contribution in [0.4, 0.5) is 17.2 Å². The van der Waals surface area contributed by atoms with Gasteiger partial charge in [-0.1, -0.05) is 39.0 Å². The summed E-state index contributed by atoms with van der Waals surface area (Å²) in [6, 6.07) is 13.9. The fraction of sp³-hybridized carbons (Fsp3) is 0.280. The fourth-order valence-corrected chi connectivity index (χ4v) is 5.55. The molecule has 0 fully saturated rings. The third-order valence-electron chi connectivity index (χ3n) is 5.94. The maximum Gasteiger partial charge on any atom is 0.264 e. The van der Waals surface area contributed by atoms with Crippen LogP contribution in [0.15, 0.2) is 53.4 Å². The highest BCUT2D eigenvalue weighted by molar-refractivity contribution is 7.92. The van der Waals surface area contributed by atoms with Crippen LogP contribution in [0, 0.1) is 13.8 Å². The van der Waals surface area contributed by atoms with E-state index < -0.39 is 15.9 Å². The first-order valence-corrected chi connectivity index (χ1v) is 12.1. The van der Waals surface area contributed by atoms with Crippen LogP contribution in [0.5, 0.6) is 0 Å². The zero-order valence-electron chi connectivity index (χ0n) is 19.4. The summed E-state index contributed by atoms with van der Waals surface area (Å²) in [5, 5.41) is 3.26. The average Bonchev–Trinajstić information content (AvgIpc) is 2.90. The first-order valence-electron chi connectivity index (χ1n) is 10.7. The van der Waals surface area contributed by atoms with Crippen molar-refractivity contribution in [3.05, 3.63) is 76.5 Å². The van der Waals surface area contributed by atoms with Crippen LogP contribution in [-0.2, 0) is 22.0 Å². The largest absolute Gasteiger partial charge is 0.366 e. The molecule has 0 bridgehead atoms. The summed E-state index contributed by atoms with van der Waals surface area (Å²) < 4.78 is 29.2. The molecule has 1 aliphatic rings. The Bertz CT molecular complexity index is 1360. The van der Waals surface area contributed by atoms with Crippen molar-refractivity contribution in [2.75, 3.05) is 9.62 Å². The molecule has 2 aromatic carbocycles. The van der Waals surface area contributed by atoms with E-state index in [0.717, 1.165) is 16.8 Å². The Labute approximate surface area is 194 Å². The molecular weight excluding hydrogens is 436 g/mol. The summed E-state index contributed by atoms with van der Waals surface area (Å²) in [5.74, 6) is -0.0267. The Hall–Kier alpha value is -3.39. The number of hydrogen-bond donors (Lipinski definition) is 2. The van der Waals surface area contributed by atoms with Gasteiger partial charge >= 0.3 is 0 Å². The van der Waals surface area contributed by atoms with Gasteiger partial charge in [0.2, 0.25) is 5.91 Å². The van der Waals surface area contributed by atoms with Gasteiger partial charge in [0, 0.05) is 16.8 Å². The van der Waals surface area contributed by atoms with Gasteiger partial charge in [0.15, 0.2) is 0 Å². The van der Waals surface area contributed by atoms with E-state index in [1.807, 2.05) is 31.2 Å². The minimum Gasteiger partial charge on any atom is -0.366 e. The second-order valence-electron chi connectivity index (χ2n) is 9.37. The highest BCUT2D eigenvalue weighted by atomic mass is 32.2. The summed E-state index contributed by atoms with van der Waals surface area (Å²) in [6.07, 6.45) is 0. The minimum absolute atomic E-state index is 0.0645. The summed E-state index contributed by atoms with van der Waals surface area (Å²) >= 11 is 0. The summed E-state index contributed by atoms with van der Waals surface area (Å²) in [4.78, 5) is 16.8. The van der Waals surface area contributed by atoms with Crippen molar-refractivity contribution >= 4 is 33.1 Å². The molecule has 172 valence electrons. The number of aryl methyl sites for hydroxylation is 1. The quantitative estimate of drug-likeness (QED) is 0.592. The van der Waals surface area contributed by atoms with Crippen molar-refractivity contribution in [1.29, 1.82) is 0 Å². The molecule has 0 saturated carbocycles. The SMILES string of the molecule is Cc1ccc2c(n1)Nc1ccc(C(N)=O)c(C)c1N(S(=O)(=O)c1ccc(C(C)(C)C)cc1)C2. The van der Waals surface area contributed by atoms with Gasteiger partial charge in [-0.3, -0.25) is 9.10 Å². The Kier molecular flexibility index (Phi) is 5.44. The van der Waals surface area contributed by atoms with Crippen LogP contribution in [0.1, 0.15) is 53.5 Å². The first kappa shape index (κ1) is 22.8. The van der Waals surface area contributed by atoms with E-state index in [4.69, 9.17) is 5.73 Å². The van der Waals surface area contributed by atoms with Crippen LogP contribution in [0.25, 0.3) is 0 Å². The molecule has 3 N–H and O–H groups in total. The Morgan fingerprint density at radius 1 is 1.03 bits per heavy atom. The molecule has 1 aliphatic heterocycles. The lowest BCUT2D eigenvalue weighted by Gasteiger charge is -2.27. The molecule has 4 rings (SSSR count). The number of anilines is 3. The lowest BCUT2D eigenvalue weighted by atomic mass is 9.87. The van der Waals surface area contributed by atoms with Crippen LogP contribution >= 0.6 is 0 Å². The fourth-order valence-electron chi connectivity index (χ4n) is 4.03. The number of hydrogen-bond acceptors (Lipinski definition) is 5. The lowest BCUT2D eigenvalue weighted by Crippen LogP contribution is -2.31. The monoisotopic (exact) mass is 464 g/mol. The van der Waals surface area contributed by atoms with Crippen LogP contribution in [-0.4, -0.2) is 19.3 Å². The lowest BCUT2D eigenvalue weighted by molar-refractivity contribution is 0.0999. The Balaban J connectivity index is 1.93. The average molecular weight is 465 g/mol. The second-order valence-corrected chi connectivity index (χ2v) is 11.2. The van der Waals surface area contributed by atoms with Gasteiger partial charge in [0.05, 0.1) is 22.8 Å². The number of benzene rings is 2. The number of nitrogens with zero attached hydrogens (tertiary/aromatic N) is 2. The van der Waals surface area contributed by atoms with Crippen molar-refractivity contribution < 1.29 is 13.2 Å². The molecule has 0 atom stereocenters. The molecule has 0 spiro atoms. The van der Waals surface area contributed by atoms with E-state index in [1.54, 1.807) is 31.2 Å². The highest BCUT2D eigenvalue weighted by Crippen LogP contribution is 2.41. The van der Waals surface area contributed by atoms with E-state index in [2.05, 4.69) is 31.1 Å². The van der Waals surface area contributed by atoms with Crippen LogP contribution < -0.4 is 15.4 Å². The van der Waals surface area contributed by atoms with Crippen molar-refractivity contribution in [2.24, 2.45) is 5.73 Å². The van der Waals surface area contributed by atoms with Crippen molar-refractivity contribution in [3.8, 4) is 0 Å². The number of fused-ring (bicyclic) bond motifs is 2. The third-order valence-corrected chi connectivity index (χ3v) is 7.70. The number of carbonyl (C=O) groups is 1. The van der Waals surface area contributed by atoms with Crippen molar-refractivity contribution in [2.45, 2.75) is 51.5 Å². The second kappa shape index (κ2) is 7.88. The maximum absolute atomic E-state index is 13.9. The predicted molar refractivity (Wildman–Crippen MR) is 130 cm³/mol. The third kappa shape index (κ3) is 4.06. The van der Waals surface area contributed by atoms with Gasteiger partial charge in [-0.05, 0) is 60.7 Å². The van der Waals surface area contributed by atoms with Crippen molar-refractivity contribution in [3.63, 3.8) is 0 Å². The number of nitrogens with one attached hydrogen (secondary N) is 1. The van der Waals surface area contributed by atoms with Crippen molar-refractivity contribution in [1.82, 2.24) is 4.98 Å². The number of amides is 1. The number of pyridine rings is 1. The van der Waals surface area contributed by atoms with Crippen LogP contribution in [0.3, 0.4) is 0 Å². The van der Waals surface area contributed by atoms with Gasteiger partial charge in [0.1, 0.15) is 5.82 Å². The molecule has 7 nitrogen and oxygen atoms in total. The molecule has 0 saturated heterocycles. The predicted octanol–water partition coefficient (Wildman–Crippen LogP) is 4.55. The van der Waals surface area contributed by atoms with E-state index in [-0.39, 0.29) is 22.4 Å². The number of carbonyl (C=O) groups excluding carboxylic acids is 1. The van der Waals surface area contributed by atoms with E-state index in [0.29, 0.717) is 22.8 Å². The van der Waals surface area contributed by atoms with Gasteiger partial charge in [-0.2, -0.15) is 0 Å². The number of primary amides is 1. The Morgan fingerprint density at radius 3 is 2.30 bits per heavy atom. The smallest absolute Gasteiger partial charge is 0.264 e. The maximum atomic E-state index is 13.9. The minimum atomic E-state index is -3.97. The molecule has 0 unspecified atom stereocenters. The highest BCUT2D eigenvalue weighted by Gasteiger charge is 2.33. The number of sulfonamides is 1. The van der Waals surface area contributed by atoms with Crippen LogP contribution in [0.2, 0.25) is 0 Å². The van der Waals surface area contributed by atoms with E-state index >= 15 is 0 Å². The summed E-state index contributed by atoms with van der Waals surface area (Å²) in [5.41, 5.74) is 9.75. The van der Waals surface area contributed by atoms with Gasteiger partial charge in [-0.25, -0.2) is 13.4 Å². The zero-order valence-corrected chi connectivity index (χ0v) is 20.2. The van der Waals surface area contributed by atoms with E-state index in [9.17, 15) is 13.2 Å². The van der Waals surface area contributed by atoms with Gasteiger partial charge < -0.3 is 11.1 Å². The van der Waals surface area contributed by atoms with Gasteiger partial charge in [0.25, 0.3) is 10.0 Å². The number of aromatic nitrogens is 1. The molecule has 8 heteroatoms. The first-order chi connectivity index (χ1) is 15.4. The molecular formula is C25H28N4O3S. The molecule has 3 aromatic rings. The molecule has 1 amide bonds. The molecule has 0 aliphatic carbocycles. The number of rotatable bonds is 3. The summed E-state index contributed by atoms with van der Waals surface area (Å²) in [7, 11) is -3.97. The zero-order chi connectivity index (χ0) is 24.1. The molecule has 1 aromatic heterocycles. The van der Waals surface area contributed by atoms with E-state index in [1.165, 1.54) is 4.31 Å². The molecule has 2 heterocycles. The van der Waals surface area contributed by atoms with Gasteiger partial charge in [-0.15, -0.1) is 0 Å². The standard InChI is InChI=1S/C25H28N4O3S/c1-15-6-7-17-14-29(33(31,32)19-10-8-18(9-11-19)25(3,4)5)22-16(2)20(23(26)30)12-13-21(22)28-24(17)27-15/h6-13H,14H2,1-5H3,(H2,26,30)(H,27,28). The normalized spacial score (nSPS) is 13.5. The molecule has 33 heavy (non-hydrogen) atoms. The molecule has 0 radical (unpaired) electrons. The summed E-state index contributed by atoms with van der Waals surface area (Å²) in [6.45, 7) is 9.88. The Morgan fingerprint density at radius 2 is 1.70 bits per heavy atom. The number of nitrogens with two attached hydrogens (primary N) is 1. The topological polar surface area (TPSA) is 105 Å².